The molecule has 7 heteroatoms. The van der Waals surface area contributed by atoms with Gasteiger partial charge in [0.15, 0.2) is 5.82 Å². The SMILES string of the molecule is CC1CNCCN1C(=O)c1ccc(-c2n[nH]c(C3CC3)n2)cc1.Cl. The van der Waals surface area contributed by atoms with Crippen LogP contribution in [0.2, 0.25) is 0 Å². The number of nitrogens with zero attached hydrogens (tertiary/aromatic N) is 3. The average Bonchev–Trinajstić information content (AvgIpc) is 3.32. The van der Waals surface area contributed by atoms with Gasteiger partial charge < -0.3 is 10.2 Å². The second-order valence-electron chi connectivity index (χ2n) is 6.45. The van der Waals surface area contributed by atoms with E-state index < -0.39 is 0 Å². The Bertz CT molecular complexity index is 710. The van der Waals surface area contributed by atoms with Gasteiger partial charge in [0.25, 0.3) is 5.91 Å². The summed E-state index contributed by atoms with van der Waals surface area (Å²) in [6, 6.07) is 7.84. The molecular formula is C17H22ClN5O. The molecule has 2 aromatic rings. The predicted octanol–water partition coefficient (Wildman–Crippen LogP) is 2.20. The Balaban J connectivity index is 0.00000169. The molecule has 1 saturated carbocycles. The van der Waals surface area contributed by atoms with Gasteiger partial charge in [-0.3, -0.25) is 9.89 Å². The zero-order valence-corrected chi connectivity index (χ0v) is 14.5. The zero-order chi connectivity index (χ0) is 15.8. The molecule has 1 unspecified atom stereocenters. The number of aromatic amines is 1. The molecule has 1 aliphatic carbocycles. The summed E-state index contributed by atoms with van der Waals surface area (Å²) in [5.74, 6) is 2.35. The van der Waals surface area contributed by atoms with Crippen LogP contribution in [-0.4, -0.2) is 51.7 Å². The molecule has 1 aromatic heterocycles. The summed E-state index contributed by atoms with van der Waals surface area (Å²) in [5, 5.41) is 10.6. The highest BCUT2D eigenvalue weighted by Gasteiger charge is 2.27. The lowest BCUT2D eigenvalue weighted by Gasteiger charge is -2.34. The van der Waals surface area contributed by atoms with Gasteiger partial charge in [-0.25, -0.2) is 4.98 Å². The molecule has 128 valence electrons. The number of aromatic nitrogens is 3. The van der Waals surface area contributed by atoms with Gasteiger partial charge in [0.05, 0.1) is 0 Å². The fourth-order valence-corrected chi connectivity index (χ4v) is 3.01. The Morgan fingerprint density at radius 2 is 2.00 bits per heavy atom. The topological polar surface area (TPSA) is 73.9 Å². The van der Waals surface area contributed by atoms with Crippen molar-refractivity contribution in [2.24, 2.45) is 0 Å². The summed E-state index contributed by atoms with van der Waals surface area (Å²) < 4.78 is 0. The van der Waals surface area contributed by atoms with Crippen LogP contribution in [0.15, 0.2) is 24.3 Å². The lowest BCUT2D eigenvalue weighted by molar-refractivity contribution is 0.0656. The van der Waals surface area contributed by atoms with E-state index in [4.69, 9.17) is 0 Å². The van der Waals surface area contributed by atoms with Gasteiger partial charge in [0.1, 0.15) is 5.82 Å². The van der Waals surface area contributed by atoms with Gasteiger partial charge in [-0.2, -0.15) is 5.10 Å². The molecule has 1 saturated heterocycles. The minimum atomic E-state index is 0. The Hall–Kier alpha value is -1.92. The minimum Gasteiger partial charge on any atom is -0.333 e. The fraction of sp³-hybridized carbons (Fsp3) is 0.471. The summed E-state index contributed by atoms with van der Waals surface area (Å²) in [5.41, 5.74) is 1.67. The number of carbonyl (C=O) groups is 1. The van der Waals surface area contributed by atoms with Crippen molar-refractivity contribution in [1.82, 2.24) is 25.4 Å². The monoisotopic (exact) mass is 347 g/mol. The van der Waals surface area contributed by atoms with E-state index >= 15 is 0 Å². The van der Waals surface area contributed by atoms with Crippen LogP contribution >= 0.6 is 12.4 Å². The van der Waals surface area contributed by atoms with E-state index in [2.05, 4.69) is 27.4 Å². The third kappa shape index (κ3) is 3.30. The predicted molar refractivity (Wildman–Crippen MR) is 94.4 cm³/mol. The lowest BCUT2D eigenvalue weighted by Crippen LogP contribution is -2.52. The van der Waals surface area contributed by atoms with Crippen LogP contribution in [0.3, 0.4) is 0 Å². The number of hydrogen-bond acceptors (Lipinski definition) is 4. The van der Waals surface area contributed by atoms with Crippen LogP contribution in [0, 0.1) is 0 Å². The molecule has 0 radical (unpaired) electrons. The molecule has 2 N–H and O–H groups in total. The second kappa shape index (κ2) is 6.91. The zero-order valence-electron chi connectivity index (χ0n) is 13.7. The van der Waals surface area contributed by atoms with Crippen LogP contribution in [0.25, 0.3) is 11.4 Å². The number of nitrogens with one attached hydrogen (secondary N) is 2. The van der Waals surface area contributed by atoms with E-state index in [0.717, 1.165) is 36.6 Å². The van der Waals surface area contributed by atoms with Crippen molar-refractivity contribution in [3.05, 3.63) is 35.7 Å². The average molecular weight is 348 g/mol. The Kier molecular flexibility index (Phi) is 4.87. The van der Waals surface area contributed by atoms with E-state index in [1.54, 1.807) is 0 Å². The molecule has 1 aromatic carbocycles. The van der Waals surface area contributed by atoms with Crippen LogP contribution in [0.5, 0.6) is 0 Å². The maximum Gasteiger partial charge on any atom is 0.254 e. The molecule has 1 atom stereocenters. The first-order valence-electron chi connectivity index (χ1n) is 8.27. The summed E-state index contributed by atoms with van der Waals surface area (Å²) in [6.07, 6.45) is 2.40. The Labute approximate surface area is 147 Å². The van der Waals surface area contributed by atoms with E-state index in [0.29, 0.717) is 11.7 Å². The molecule has 4 rings (SSSR count). The van der Waals surface area contributed by atoms with Crippen LogP contribution in [0.4, 0.5) is 0 Å². The highest BCUT2D eigenvalue weighted by atomic mass is 35.5. The number of piperazine rings is 1. The molecule has 2 aliphatic rings. The number of hydrogen-bond donors (Lipinski definition) is 2. The maximum atomic E-state index is 12.6. The first kappa shape index (κ1) is 16.9. The van der Waals surface area contributed by atoms with Crippen LogP contribution in [-0.2, 0) is 0 Å². The number of rotatable bonds is 3. The normalized spacial score (nSPS) is 20.5. The summed E-state index contributed by atoms with van der Waals surface area (Å²) in [4.78, 5) is 19.1. The third-order valence-corrected chi connectivity index (χ3v) is 4.62. The summed E-state index contributed by atoms with van der Waals surface area (Å²) in [7, 11) is 0. The molecule has 0 bridgehead atoms. The standard InChI is InChI=1S/C17H21N5O.ClH/c1-11-10-18-8-9-22(11)17(23)14-6-4-13(5-7-14)16-19-15(20-21-16)12-2-3-12;/h4-7,11-12,18H,2-3,8-10H2,1H3,(H,19,20,21);1H. The number of amides is 1. The Morgan fingerprint density at radius 3 is 2.67 bits per heavy atom. The molecular weight excluding hydrogens is 326 g/mol. The van der Waals surface area contributed by atoms with Gasteiger partial charge in [0, 0.05) is 42.7 Å². The van der Waals surface area contributed by atoms with Crippen molar-refractivity contribution < 1.29 is 4.79 Å². The van der Waals surface area contributed by atoms with Crippen LogP contribution < -0.4 is 5.32 Å². The third-order valence-electron chi connectivity index (χ3n) is 4.62. The van der Waals surface area contributed by atoms with Crippen molar-refractivity contribution in [1.29, 1.82) is 0 Å². The minimum absolute atomic E-state index is 0. The summed E-state index contributed by atoms with van der Waals surface area (Å²) >= 11 is 0. The van der Waals surface area contributed by atoms with E-state index in [1.807, 2.05) is 29.2 Å². The fourth-order valence-electron chi connectivity index (χ4n) is 3.01. The van der Waals surface area contributed by atoms with Crippen molar-refractivity contribution in [3.8, 4) is 11.4 Å². The van der Waals surface area contributed by atoms with Crippen molar-refractivity contribution in [2.75, 3.05) is 19.6 Å². The first-order chi connectivity index (χ1) is 11.2. The summed E-state index contributed by atoms with van der Waals surface area (Å²) in [6.45, 7) is 4.54. The number of halogens is 1. The lowest BCUT2D eigenvalue weighted by atomic mass is 10.1. The van der Waals surface area contributed by atoms with Crippen molar-refractivity contribution in [3.63, 3.8) is 0 Å². The molecule has 2 heterocycles. The largest absolute Gasteiger partial charge is 0.333 e. The van der Waals surface area contributed by atoms with Gasteiger partial charge >= 0.3 is 0 Å². The van der Waals surface area contributed by atoms with Crippen molar-refractivity contribution in [2.45, 2.75) is 31.7 Å². The molecule has 1 amide bonds. The highest BCUT2D eigenvalue weighted by molar-refractivity contribution is 5.95. The molecule has 2 fully saturated rings. The van der Waals surface area contributed by atoms with Crippen molar-refractivity contribution >= 4 is 18.3 Å². The quantitative estimate of drug-likeness (QED) is 0.892. The van der Waals surface area contributed by atoms with Gasteiger partial charge in [-0.05, 0) is 31.9 Å². The second-order valence-corrected chi connectivity index (χ2v) is 6.45. The van der Waals surface area contributed by atoms with Gasteiger partial charge in [-0.15, -0.1) is 12.4 Å². The van der Waals surface area contributed by atoms with E-state index in [1.165, 1.54) is 12.8 Å². The van der Waals surface area contributed by atoms with Crippen LogP contribution in [0.1, 0.15) is 41.9 Å². The molecule has 24 heavy (non-hydrogen) atoms. The van der Waals surface area contributed by atoms with E-state index in [9.17, 15) is 4.79 Å². The molecule has 6 nitrogen and oxygen atoms in total. The smallest absolute Gasteiger partial charge is 0.254 e. The molecule has 1 aliphatic heterocycles. The number of H-pyrrole nitrogens is 1. The van der Waals surface area contributed by atoms with Gasteiger partial charge in [0.2, 0.25) is 0 Å². The number of carbonyl (C=O) groups excluding carboxylic acids is 1. The Morgan fingerprint density at radius 1 is 1.25 bits per heavy atom. The van der Waals surface area contributed by atoms with E-state index in [-0.39, 0.29) is 24.4 Å². The molecule has 0 spiro atoms. The number of benzene rings is 1. The van der Waals surface area contributed by atoms with Gasteiger partial charge in [-0.1, -0.05) is 12.1 Å². The highest BCUT2D eigenvalue weighted by Crippen LogP contribution is 2.38. The first-order valence-corrected chi connectivity index (χ1v) is 8.27. The maximum absolute atomic E-state index is 12.6.